The minimum atomic E-state index is -0.877. The summed E-state index contributed by atoms with van der Waals surface area (Å²) in [4.78, 5) is 1.95. The Morgan fingerprint density at radius 3 is 2.43 bits per heavy atom. The lowest BCUT2D eigenvalue weighted by Crippen LogP contribution is -2.56. The fourth-order valence-corrected chi connectivity index (χ4v) is 4.97. The van der Waals surface area contributed by atoms with Gasteiger partial charge in [0.15, 0.2) is 0 Å². The van der Waals surface area contributed by atoms with Crippen molar-refractivity contribution in [1.82, 2.24) is 4.90 Å². The summed E-state index contributed by atoms with van der Waals surface area (Å²) in [5, 5.41) is 10.7. The second kappa shape index (κ2) is 6.15. The quantitative estimate of drug-likeness (QED) is 0.857. The first-order valence-corrected chi connectivity index (χ1v) is 8.32. The highest BCUT2D eigenvalue weighted by Gasteiger charge is 2.43. The molecule has 1 aliphatic rings. The maximum Gasteiger partial charge on any atom is 0.139 e. The first-order chi connectivity index (χ1) is 9.73. The third kappa shape index (κ3) is 4.11. The number of nitrogens with zero attached hydrogens (tertiary/aromatic N) is 1. The molecule has 2 rings (SSSR count). The number of benzene rings is 1. The molecule has 1 fully saturated rings. The fraction of sp³-hybridized carbons (Fsp3) is 0.562. The molecule has 5 heteroatoms. The van der Waals surface area contributed by atoms with Gasteiger partial charge in [-0.05, 0) is 31.0 Å². The van der Waals surface area contributed by atoms with E-state index in [1.807, 2.05) is 24.0 Å². The van der Waals surface area contributed by atoms with E-state index >= 15 is 0 Å². The summed E-state index contributed by atoms with van der Waals surface area (Å²) in [5.41, 5.74) is 0.336. The zero-order valence-electron chi connectivity index (χ0n) is 13.0. The highest BCUT2D eigenvalue weighted by molar-refractivity contribution is 8.23. The van der Waals surface area contributed by atoms with Gasteiger partial charge in [0, 0.05) is 17.7 Å². The molecule has 0 aliphatic carbocycles. The molecule has 21 heavy (non-hydrogen) atoms. The summed E-state index contributed by atoms with van der Waals surface area (Å²) < 4.78 is 5.93. The van der Waals surface area contributed by atoms with Gasteiger partial charge in [0.2, 0.25) is 0 Å². The predicted molar refractivity (Wildman–Crippen MR) is 92.9 cm³/mol. The Morgan fingerprint density at radius 1 is 1.29 bits per heavy atom. The Labute approximate surface area is 136 Å². The average Bonchev–Trinajstić information content (AvgIpc) is 2.36. The lowest BCUT2D eigenvalue weighted by Gasteiger charge is -2.48. The van der Waals surface area contributed by atoms with Gasteiger partial charge in [0.05, 0.1) is 7.11 Å². The molecule has 0 radical (unpaired) electrons. The molecule has 0 aromatic heterocycles. The fourth-order valence-electron chi connectivity index (χ4n) is 2.79. The average molecular weight is 325 g/mol. The number of thiocarbonyl (C=S) groups is 1. The molecule has 116 valence electrons. The molecule has 1 N–H and O–H groups in total. The molecular weight excluding hydrogens is 302 g/mol. The maximum atomic E-state index is 10.7. The molecule has 1 atom stereocenters. The molecule has 0 spiro atoms. The number of hydrogen-bond donors (Lipinski definition) is 1. The van der Waals surface area contributed by atoms with Crippen LogP contribution in [0, 0.1) is 0 Å². The van der Waals surface area contributed by atoms with Crippen LogP contribution in [0.25, 0.3) is 0 Å². The highest BCUT2D eigenvalue weighted by Crippen LogP contribution is 2.42. The summed E-state index contributed by atoms with van der Waals surface area (Å²) >= 11 is 7.16. The number of aliphatic hydroxyl groups is 1. The van der Waals surface area contributed by atoms with Crippen molar-refractivity contribution in [1.29, 1.82) is 0 Å². The lowest BCUT2D eigenvalue weighted by molar-refractivity contribution is -0.0645. The molecule has 0 bridgehead atoms. The van der Waals surface area contributed by atoms with Crippen LogP contribution in [0.4, 0.5) is 0 Å². The van der Waals surface area contributed by atoms with E-state index in [1.165, 1.54) is 5.56 Å². The van der Waals surface area contributed by atoms with Crippen molar-refractivity contribution in [3.63, 3.8) is 0 Å². The monoisotopic (exact) mass is 325 g/mol. The Hall–Kier alpha value is -0.780. The predicted octanol–water partition coefficient (Wildman–Crippen LogP) is 3.45. The maximum absolute atomic E-state index is 10.7. The van der Waals surface area contributed by atoms with Crippen LogP contribution >= 0.6 is 24.0 Å². The molecule has 1 aliphatic heterocycles. The van der Waals surface area contributed by atoms with Crippen LogP contribution in [0.1, 0.15) is 32.8 Å². The molecule has 0 saturated carbocycles. The minimum absolute atomic E-state index is 0.0167. The molecule has 1 aromatic carbocycles. The summed E-state index contributed by atoms with van der Waals surface area (Å²) in [6.07, 6.45) is 1.55. The van der Waals surface area contributed by atoms with Crippen molar-refractivity contribution >= 4 is 28.3 Å². The summed E-state index contributed by atoms with van der Waals surface area (Å²) in [6, 6.07) is 8.02. The Balaban J connectivity index is 2.02. The number of methoxy groups -OCH3 is 1. The van der Waals surface area contributed by atoms with Crippen LogP contribution in [0.15, 0.2) is 24.3 Å². The van der Waals surface area contributed by atoms with E-state index in [0.717, 1.165) is 23.0 Å². The van der Waals surface area contributed by atoms with Crippen LogP contribution in [0.3, 0.4) is 0 Å². The molecule has 1 heterocycles. The van der Waals surface area contributed by atoms with Crippen LogP contribution in [0.2, 0.25) is 0 Å². The molecular formula is C16H23NO2S2. The van der Waals surface area contributed by atoms with Crippen molar-refractivity contribution in [2.24, 2.45) is 0 Å². The normalized spacial score (nSPS) is 25.0. The van der Waals surface area contributed by atoms with E-state index in [0.29, 0.717) is 6.42 Å². The number of thioether (sulfide) groups is 1. The number of rotatable bonds is 4. The largest absolute Gasteiger partial charge is 0.497 e. The van der Waals surface area contributed by atoms with Crippen LogP contribution < -0.4 is 4.74 Å². The van der Waals surface area contributed by atoms with Crippen molar-refractivity contribution in [3.05, 3.63) is 29.8 Å². The van der Waals surface area contributed by atoms with Crippen molar-refractivity contribution < 1.29 is 9.84 Å². The van der Waals surface area contributed by atoms with E-state index < -0.39 is 5.72 Å². The van der Waals surface area contributed by atoms with Crippen LogP contribution in [-0.4, -0.2) is 38.5 Å². The SMILES string of the molecule is COc1ccc(CCN2C(=S)SC(C)(C)CC2(C)O)cc1. The van der Waals surface area contributed by atoms with Gasteiger partial charge < -0.3 is 14.7 Å². The smallest absolute Gasteiger partial charge is 0.139 e. The van der Waals surface area contributed by atoms with E-state index in [9.17, 15) is 5.11 Å². The van der Waals surface area contributed by atoms with Crippen LogP contribution in [0.5, 0.6) is 5.75 Å². The van der Waals surface area contributed by atoms with E-state index in [1.54, 1.807) is 18.9 Å². The van der Waals surface area contributed by atoms with Gasteiger partial charge in [-0.2, -0.15) is 0 Å². The number of hydrogen-bond acceptors (Lipinski definition) is 4. The van der Waals surface area contributed by atoms with Gasteiger partial charge in [-0.25, -0.2) is 0 Å². The van der Waals surface area contributed by atoms with Crippen molar-refractivity contribution in [2.75, 3.05) is 13.7 Å². The zero-order chi connectivity index (χ0) is 15.7. The summed E-state index contributed by atoms with van der Waals surface area (Å²) in [7, 11) is 1.66. The Kier molecular flexibility index (Phi) is 4.85. The second-order valence-corrected chi connectivity index (χ2v) is 8.61. The number of ether oxygens (including phenoxy) is 1. The van der Waals surface area contributed by atoms with Gasteiger partial charge in [-0.3, -0.25) is 0 Å². The van der Waals surface area contributed by atoms with Crippen molar-refractivity contribution in [2.45, 2.75) is 44.1 Å². The zero-order valence-corrected chi connectivity index (χ0v) is 14.7. The van der Waals surface area contributed by atoms with Crippen LogP contribution in [-0.2, 0) is 6.42 Å². The van der Waals surface area contributed by atoms with E-state index in [2.05, 4.69) is 26.0 Å². The van der Waals surface area contributed by atoms with Crippen molar-refractivity contribution in [3.8, 4) is 5.75 Å². The van der Waals surface area contributed by atoms with E-state index in [4.69, 9.17) is 17.0 Å². The molecule has 3 nitrogen and oxygen atoms in total. The molecule has 1 saturated heterocycles. The van der Waals surface area contributed by atoms with Gasteiger partial charge in [0.1, 0.15) is 15.8 Å². The Bertz CT molecular complexity index is 512. The van der Waals surface area contributed by atoms with Gasteiger partial charge in [-0.15, -0.1) is 0 Å². The summed E-state index contributed by atoms with van der Waals surface area (Å²) in [6.45, 7) is 6.83. The summed E-state index contributed by atoms with van der Waals surface area (Å²) in [5.74, 6) is 0.858. The topological polar surface area (TPSA) is 32.7 Å². The third-order valence-corrected chi connectivity index (χ3v) is 5.27. The van der Waals surface area contributed by atoms with Gasteiger partial charge >= 0.3 is 0 Å². The lowest BCUT2D eigenvalue weighted by atomic mass is 9.98. The molecule has 0 amide bonds. The first kappa shape index (κ1) is 16.6. The van der Waals surface area contributed by atoms with Gasteiger partial charge in [0.25, 0.3) is 0 Å². The molecule has 1 unspecified atom stereocenters. The standard InChI is InChI=1S/C16H23NO2S2/c1-15(2)11-16(3,18)17(14(20)21-15)10-9-12-5-7-13(19-4)8-6-12/h5-8,18H,9-11H2,1-4H3. The van der Waals surface area contributed by atoms with Gasteiger partial charge in [-0.1, -0.05) is 50.0 Å². The van der Waals surface area contributed by atoms with E-state index in [-0.39, 0.29) is 4.75 Å². The highest BCUT2D eigenvalue weighted by atomic mass is 32.2. The second-order valence-electron chi connectivity index (χ2n) is 6.27. The Morgan fingerprint density at radius 2 is 1.90 bits per heavy atom. The minimum Gasteiger partial charge on any atom is -0.497 e. The first-order valence-electron chi connectivity index (χ1n) is 7.09. The third-order valence-electron chi connectivity index (χ3n) is 3.71. The molecule has 1 aromatic rings.